The molecule has 28 heavy (non-hydrogen) atoms. The van der Waals surface area contributed by atoms with Crippen LogP contribution in [0.5, 0.6) is 5.75 Å². The molecule has 2 aromatic rings. The number of halogens is 1. The zero-order chi connectivity index (χ0) is 19.7. The van der Waals surface area contributed by atoms with Crippen LogP contribution in [0.25, 0.3) is 0 Å². The van der Waals surface area contributed by atoms with E-state index < -0.39 is 0 Å². The summed E-state index contributed by atoms with van der Waals surface area (Å²) in [5.41, 5.74) is 0.821. The van der Waals surface area contributed by atoms with Crippen LogP contribution in [0.2, 0.25) is 0 Å². The van der Waals surface area contributed by atoms with Gasteiger partial charge in [0.2, 0.25) is 5.89 Å². The van der Waals surface area contributed by atoms with Crippen LogP contribution in [0, 0.1) is 6.92 Å². The first-order valence-corrected chi connectivity index (χ1v) is 9.45. The third-order valence-corrected chi connectivity index (χ3v) is 3.57. The van der Waals surface area contributed by atoms with Crippen molar-refractivity contribution >= 4 is 29.9 Å². The molecule has 0 fully saturated rings. The number of ether oxygens (including phenoxy) is 1. The van der Waals surface area contributed by atoms with E-state index in [-0.39, 0.29) is 29.6 Å². The first-order valence-electron chi connectivity index (χ1n) is 9.45. The molecule has 0 aliphatic heterocycles. The fourth-order valence-corrected chi connectivity index (χ4v) is 2.46. The lowest BCUT2D eigenvalue weighted by atomic mass is 10.1. The number of benzene rings is 1. The molecule has 1 heterocycles. The molecule has 2 N–H and O–H groups in total. The molecule has 0 saturated heterocycles. The van der Waals surface area contributed by atoms with E-state index in [1.807, 2.05) is 52.0 Å². The Morgan fingerprint density at radius 1 is 1.21 bits per heavy atom. The summed E-state index contributed by atoms with van der Waals surface area (Å²) in [6, 6.07) is 8.03. The van der Waals surface area contributed by atoms with Crippen molar-refractivity contribution in [2.24, 2.45) is 4.99 Å². The lowest BCUT2D eigenvalue weighted by Gasteiger charge is -2.23. The normalized spacial score (nSPS) is 11.7. The second-order valence-corrected chi connectivity index (χ2v) is 7.28. The second kappa shape index (κ2) is 11.9. The molecule has 0 unspecified atom stereocenters. The van der Waals surface area contributed by atoms with Crippen LogP contribution in [0.1, 0.15) is 51.4 Å². The van der Waals surface area contributed by atoms with E-state index in [0.717, 1.165) is 43.2 Å². The van der Waals surface area contributed by atoms with Crippen LogP contribution in [-0.4, -0.2) is 34.8 Å². The van der Waals surface area contributed by atoms with Gasteiger partial charge in [0.1, 0.15) is 11.4 Å². The molecule has 0 saturated carbocycles. The average Bonchev–Trinajstić information content (AvgIpc) is 3.01. The quantitative estimate of drug-likeness (QED) is 0.247. The Labute approximate surface area is 184 Å². The monoisotopic (exact) mass is 501 g/mol. The molecule has 8 heteroatoms. The second-order valence-electron chi connectivity index (χ2n) is 7.28. The van der Waals surface area contributed by atoms with Crippen molar-refractivity contribution in [3.05, 3.63) is 41.5 Å². The zero-order valence-corrected chi connectivity index (χ0v) is 19.7. The summed E-state index contributed by atoms with van der Waals surface area (Å²) in [7, 11) is 0. The fourth-order valence-electron chi connectivity index (χ4n) is 2.46. The number of nitrogens with one attached hydrogen (secondary N) is 2. The molecule has 0 bridgehead atoms. The number of aryl methyl sites for hydroxylation is 2. The van der Waals surface area contributed by atoms with Crippen molar-refractivity contribution in [3.8, 4) is 5.75 Å². The smallest absolute Gasteiger partial charge is 0.226 e. The molecule has 0 radical (unpaired) electrons. The molecule has 0 amide bonds. The van der Waals surface area contributed by atoms with E-state index in [9.17, 15) is 0 Å². The lowest BCUT2D eigenvalue weighted by Crippen LogP contribution is -2.37. The summed E-state index contributed by atoms with van der Waals surface area (Å²) in [6.45, 7) is 12.1. The summed E-state index contributed by atoms with van der Waals surface area (Å²) >= 11 is 0. The van der Waals surface area contributed by atoms with Gasteiger partial charge in [-0.1, -0.05) is 23.4 Å². The maximum absolute atomic E-state index is 6.04. The van der Waals surface area contributed by atoms with Crippen molar-refractivity contribution in [2.75, 3.05) is 13.1 Å². The van der Waals surface area contributed by atoms with E-state index in [1.54, 1.807) is 0 Å². The van der Waals surface area contributed by atoms with Gasteiger partial charge in [-0.3, -0.25) is 0 Å². The van der Waals surface area contributed by atoms with Crippen molar-refractivity contribution in [1.29, 1.82) is 0 Å². The summed E-state index contributed by atoms with van der Waals surface area (Å²) in [5.74, 6) is 3.00. The first kappa shape index (κ1) is 24.2. The van der Waals surface area contributed by atoms with Crippen LogP contribution in [-0.2, 0) is 13.0 Å². The van der Waals surface area contributed by atoms with Crippen LogP contribution in [0.4, 0.5) is 0 Å². The standard InChI is InChI=1S/C20H31N5O2.HI/c1-6-21-19(22-13-9-12-18-24-15(2)25-27-18)23-14-16-10-7-8-11-17(16)26-20(3,4)5;/h7-8,10-11H,6,9,12-14H2,1-5H3,(H2,21,22,23);1H. The maximum Gasteiger partial charge on any atom is 0.226 e. The van der Waals surface area contributed by atoms with Gasteiger partial charge in [-0.15, -0.1) is 24.0 Å². The Kier molecular flexibility index (Phi) is 10.3. The SMILES string of the molecule is CCNC(=NCc1ccccc1OC(C)(C)C)NCCCc1nc(C)no1.I. The molecule has 7 nitrogen and oxygen atoms in total. The highest BCUT2D eigenvalue weighted by molar-refractivity contribution is 14.0. The molecular weight excluding hydrogens is 469 g/mol. The lowest BCUT2D eigenvalue weighted by molar-refractivity contribution is 0.129. The third kappa shape index (κ3) is 8.90. The van der Waals surface area contributed by atoms with Crippen LogP contribution < -0.4 is 15.4 Å². The third-order valence-electron chi connectivity index (χ3n) is 3.57. The van der Waals surface area contributed by atoms with Gasteiger partial charge in [0.15, 0.2) is 11.8 Å². The summed E-state index contributed by atoms with van der Waals surface area (Å²) in [5, 5.41) is 10.4. The van der Waals surface area contributed by atoms with Gasteiger partial charge < -0.3 is 19.9 Å². The van der Waals surface area contributed by atoms with E-state index in [1.165, 1.54) is 0 Å². The van der Waals surface area contributed by atoms with Crippen LogP contribution in [0.15, 0.2) is 33.8 Å². The van der Waals surface area contributed by atoms with Gasteiger partial charge in [0.05, 0.1) is 6.54 Å². The molecular formula is C20H32IN5O2. The number of aliphatic imine (C=N–C) groups is 1. The first-order chi connectivity index (χ1) is 12.9. The Morgan fingerprint density at radius 2 is 1.96 bits per heavy atom. The summed E-state index contributed by atoms with van der Waals surface area (Å²) < 4.78 is 11.2. The number of para-hydroxylation sites is 1. The van der Waals surface area contributed by atoms with Gasteiger partial charge in [-0.25, -0.2) is 4.99 Å². The molecule has 1 aromatic carbocycles. The van der Waals surface area contributed by atoms with Gasteiger partial charge >= 0.3 is 0 Å². The number of aromatic nitrogens is 2. The summed E-state index contributed by atoms with van der Waals surface area (Å²) in [6.07, 6.45) is 1.63. The number of nitrogens with zero attached hydrogens (tertiary/aromatic N) is 3. The largest absolute Gasteiger partial charge is 0.488 e. The minimum absolute atomic E-state index is 0. The van der Waals surface area contributed by atoms with Gasteiger partial charge in [0.25, 0.3) is 0 Å². The molecule has 0 atom stereocenters. The maximum atomic E-state index is 6.04. The van der Waals surface area contributed by atoms with Crippen LogP contribution in [0.3, 0.4) is 0 Å². The minimum Gasteiger partial charge on any atom is -0.488 e. The van der Waals surface area contributed by atoms with Crippen molar-refractivity contribution < 1.29 is 9.26 Å². The molecule has 156 valence electrons. The highest BCUT2D eigenvalue weighted by Crippen LogP contribution is 2.23. The minimum atomic E-state index is -0.240. The van der Waals surface area contributed by atoms with Crippen molar-refractivity contribution in [1.82, 2.24) is 20.8 Å². The zero-order valence-electron chi connectivity index (χ0n) is 17.4. The van der Waals surface area contributed by atoms with E-state index >= 15 is 0 Å². The molecule has 0 spiro atoms. The number of rotatable bonds is 8. The highest BCUT2D eigenvalue weighted by atomic mass is 127. The van der Waals surface area contributed by atoms with Crippen molar-refractivity contribution in [2.45, 2.75) is 59.6 Å². The highest BCUT2D eigenvalue weighted by Gasteiger charge is 2.14. The topological polar surface area (TPSA) is 84.6 Å². The molecule has 0 aliphatic carbocycles. The Morgan fingerprint density at radius 3 is 2.61 bits per heavy atom. The predicted octanol–water partition coefficient (Wildman–Crippen LogP) is 3.86. The van der Waals surface area contributed by atoms with E-state index in [4.69, 9.17) is 9.26 Å². The van der Waals surface area contributed by atoms with E-state index in [2.05, 4.69) is 32.7 Å². The van der Waals surface area contributed by atoms with E-state index in [0.29, 0.717) is 18.3 Å². The average molecular weight is 501 g/mol. The Bertz CT molecular complexity index is 740. The summed E-state index contributed by atoms with van der Waals surface area (Å²) in [4.78, 5) is 8.90. The fraction of sp³-hybridized carbons (Fsp3) is 0.550. The number of hydrogen-bond acceptors (Lipinski definition) is 5. The van der Waals surface area contributed by atoms with Gasteiger partial charge in [-0.05, 0) is 47.1 Å². The molecule has 2 rings (SSSR count). The number of hydrogen-bond donors (Lipinski definition) is 2. The van der Waals surface area contributed by atoms with Crippen LogP contribution >= 0.6 is 24.0 Å². The van der Waals surface area contributed by atoms with Crippen molar-refractivity contribution in [3.63, 3.8) is 0 Å². The Hall–Kier alpha value is -1.84. The molecule has 1 aromatic heterocycles. The van der Waals surface area contributed by atoms with Gasteiger partial charge in [0, 0.05) is 25.1 Å². The Balaban J connectivity index is 0.00000392. The number of guanidine groups is 1. The molecule has 0 aliphatic rings. The predicted molar refractivity (Wildman–Crippen MR) is 122 cm³/mol. The van der Waals surface area contributed by atoms with Gasteiger partial charge in [-0.2, -0.15) is 4.98 Å².